The van der Waals surface area contributed by atoms with Gasteiger partial charge in [-0.1, -0.05) is 23.2 Å². The number of nitrogens with zero attached hydrogens (tertiary/aromatic N) is 2. The summed E-state index contributed by atoms with van der Waals surface area (Å²) in [7, 11) is 0. The molecule has 104 valence electrons. The maximum atomic E-state index is 8.63. The zero-order valence-electron chi connectivity index (χ0n) is 10.9. The summed E-state index contributed by atoms with van der Waals surface area (Å²) in [4.78, 5) is 2.42. The number of oxime groups is 1. The number of likely N-dealkylation sites (tertiary alicyclic amines) is 1. The Labute approximate surface area is 118 Å². The van der Waals surface area contributed by atoms with Crippen molar-refractivity contribution >= 4 is 17.8 Å². The van der Waals surface area contributed by atoms with Crippen LogP contribution in [-0.4, -0.2) is 42.6 Å². The standard InChI is InChI=1S/C14H19ClN2O2/c15-13-4-5-14(12(10-13)11-16-18)19-9-8-17-6-2-1-3-7-17/h4-5,10-11,18H,1-3,6-9H2. The van der Waals surface area contributed by atoms with E-state index in [2.05, 4.69) is 10.1 Å². The van der Waals surface area contributed by atoms with E-state index < -0.39 is 0 Å². The summed E-state index contributed by atoms with van der Waals surface area (Å²) in [5, 5.41) is 12.3. The fourth-order valence-electron chi connectivity index (χ4n) is 2.28. The Kier molecular flexibility index (Phi) is 5.48. The smallest absolute Gasteiger partial charge is 0.128 e. The van der Waals surface area contributed by atoms with E-state index in [9.17, 15) is 0 Å². The van der Waals surface area contributed by atoms with E-state index in [4.69, 9.17) is 21.5 Å². The molecule has 0 bridgehead atoms. The van der Waals surface area contributed by atoms with Crippen LogP contribution in [0.3, 0.4) is 0 Å². The quantitative estimate of drug-likeness (QED) is 0.513. The molecule has 0 aromatic heterocycles. The first-order valence-electron chi connectivity index (χ1n) is 6.62. The number of ether oxygens (including phenoxy) is 1. The van der Waals surface area contributed by atoms with Gasteiger partial charge in [-0.3, -0.25) is 4.90 Å². The lowest BCUT2D eigenvalue weighted by atomic mass is 10.1. The molecule has 1 saturated heterocycles. The predicted molar refractivity (Wildman–Crippen MR) is 76.6 cm³/mol. The summed E-state index contributed by atoms with van der Waals surface area (Å²) in [6, 6.07) is 5.29. The first-order chi connectivity index (χ1) is 9.29. The third kappa shape index (κ3) is 4.40. The Morgan fingerprint density at radius 3 is 2.84 bits per heavy atom. The van der Waals surface area contributed by atoms with Crippen molar-refractivity contribution in [2.45, 2.75) is 19.3 Å². The van der Waals surface area contributed by atoms with Crippen LogP contribution >= 0.6 is 11.6 Å². The number of benzene rings is 1. The minimum atomic E-state index is 0.596. The van der Waals surface area contributed by atoms with Crippen molar-refractivity contribution in [3.05, 3.63) is 28.8 Å². The van der Waals surface area contributed by atoms with Gasteiger partial charge in [0.1, 0.15) is 12.4 Å². The molecule has 0 atom stereocenters. The van der Waals surface area contributed by atoms with Gasteiger partial charge in [-0.15, -0.1) is 0 Å². The largest absolute Gasteiger partial charge is 0.492 e. The molecule has 1 aliphatic heterocycles. The number of piperidine rings is 1. The molecule has 1 aliphatic rings. The molecule has 2 rings (SSSR count). The highest BCUT2D eigenvalue weighted by Crippen LogP contribution is 2.21. The van der Waals surface area contributed by atoms with Gasteiger partial charge in [-0.2, -0.15) is 0 Å². The van der Waals surface area contributed by atoms with Crippen LogP contribution in [0.4, 0.5) is 0 Å². The highest BCUT2D eigenvalue weighted by atomic mass is 35.5. The maximum absolute atomic E-state index is 8.63. The Hall–Kier alpha value is -1.26. The minimum absolute atomic E-state index is 0.596. The van der Waals surface area contributed by atoms with Crippen molar-refractivity contribution in [2.24, 2.45) is 5.16 Å². The van der Waals surface area contributed by atoms with Crippen LogP contribution in [0.25, 0.3) is 0 Å². The van der Waals surface area contributed by atoms with E-state index in [0.29, 0.717) is 22.9 Å². The minimum Gasteiger partial charge on any atom is -0.492 e. The maximum Gasteiger partial charge on any atom is 0.128 e. The van der Waals surface area contributed by atoms with Gasteiger partial charge in [-0.25, -0.2) is 0 Å². The zero-order chi connectivity index (χ0) is 13.5. The van der Waals surface area contributed by atoms with Crippen molar-refractivity contribution in [3.63, 3.8) is 0 Å². The molecule has 0 saturated carbocycles. The lowest BCUT2D eigenvalue weighted by molar-refractivity contribution is 0.183. The Bertz CT molecular complexity index is 431. The lowest BCUT2D eigenvalue weighted by Gasteiger charge is -2.26. The average molecular weight is 283 g/mol. The van der Waals surface area contributed by atoms with Crippen LogP contribution in [0.1, 0.15) is 24.8 Å². The second-order valence-electron chi connectivity index (χ2n) is 4.68. The number of halogens is 1. The van der Waals surface area contributed by atoms with Gasteiger partial charge in [0.15, 0.2) is 0 Å². The van der Waals surface area contributed by atoms with Gasteiger partial charge in [0.05, 0.1) is 6.21 Å². The molecule has 1 fully saturated rings. The Morgan fingerprint density at radius 2 is 2.11 bits per heavy atom. The van der Waals surface area contributed by atoms with Crippen LogP contribution in [-0.2, 0) is 0 Å². The molecule has 1 aromatic carbocycles. The van der Waals surface area contributed by atoms with E-state index in [1.54, 1.807) is 18.2 Å². The molecule has 19 heavy (non-hydrogen) atoms. The van der Waals surface area contributed by atoms with E-state index >= 15 is 0 Å². The topological polar surface area (TPSA) is 45.1 Å². The molecular formula is C14H19ClN2O2. The molecule has 4 nitrogen and oxygen atoms in total. The normalized spacial score (nSPS) is 16.9. The number of hydrogen-bond acceptors (Lipinski definition) is 4. The molecule has 1 heterocycles. The zero-order valence-corrected chi connectivity index (χ0v) is 11.6. The SMILES string of the molecule is ON=Cc1cc(Cl)ccc1OCCN1CCCCC1. The molecular weight excluding hydrogens is 264 g/mol. The average Bonchev–Trinajstić information content (AvgIpc) is 2.43. The highest BCUT2D eigenvalue weighted by molar-refractivity contribution is 6.30. The highest BCUT2D eigenvalue weighted by Gasteiger charge is 2.10. The fraction of sp³-hybridized carbons (Fsp3) is 0.500. The number of rotatable bonds is 5. The molecule has 0 radical (unpaired) electrons. The lowest BCUT2D eigenvalue weighted by Crippen LogP contribution is -2.33. The summed E-state index contributed by atoms with van der Waals surface area (Å²) in [5.74, 6) is 0.694. The first kappa shape index (κ1) is 14.2. The van der Waals surface area contributed by atoms with Crippen LogP contribution in [0.15, 0.2) is 23.4 Å². The fourth-order valence-corrected chi connectivity index (χ4v) is 2.46. The summed E-state index contributed by atoms with van der Waals surface area (Å²) in [5.41, 5.74) is 0.689. The molecule has 0 amide bonds. The van der Waals surface area contributed by atoms with Crippen molar-refractivity contribution < 1.29 is 9.94 Å². The number of hydrogen-bond donors (Lipinski definition) is 1. The molecule has 1 aromatic rings. The van der Waals surface area contributed by atoms with E-state index in [-0.39, 0.29) is 0 Å². The first-order valence-corrected chi connectivity index (χ1v) is 6.99. The third-order valence-electron chi connectivity index (χ3n) is 3.28. The third-order valence-corrected chi connectivity index (χ3v) is 3.52. The summed E-state index contributed by atoms with van der Waals surface area (Å²) in [6.07, 6.45) is 5.24. The van der Waals surface area contributed by atoms with E-state index in [0.717, 1.165) is 19.6 Å². The molecule has 0 spiro atoms. The Morgan fingerprint density at radius 1 is 1.32 bits per heavy atom. The molecule has 1 N–H and O–H groups in total. The van der Waals surface area contributed by atoms with Gasteiger partial charge in [-0.05, 0) is 44.1 Å². The molecule has 0 unspecified atom stereocenters. The van der Waals surface area contributed by atoms with Crippen molar-refractivity contribution in [3.8, 4) is 5.75 Å². The summed E-state index contributed by atoms with van der Waals surface area (Å²) in [6.45, 7) is 3.89. The van der Waals surface area contributed by atoms with Crippen LogP contribution in [0, 0.1) is 0 Å². The van der Waals surface area contributed by atoms with Gasteiger partial charge in [0, 0.05) is 17.1 Å². The van der Waals surface area contributed by atoms with Crippen molar-refractivity contribution in [2.75, 3.05) is 26.2 Å². The predicted octanol–water partition coefficient (Wildman–Crippen LogP) is 3.01. The van der Waals surface area contributed by atoms with Crippen molar-refractivity contribution in [1.29, 1.82) is 0 Å². The van der Waals surface area contributed by atoms with E-state index in [1.807, 2.05) is 0 Å². The van der Waals surface area contributed by atoms with Gasteiger partial charge < -0.3 is 9.94 Å². The second kappa shape index (κ2) is 7.36. The second-order valence-corrected chi connectivity index (χ2v) is 5.11. The van der Waals surface area contributed by atoms with Crippen LogP contribution in [0.2, 0.25) is 5.02 Å². The van der Waals surface area contributed by atoms with Crippen molar-refractivity contribution in [1.82, 2.24) is 4.90 Å². The van der Waals surface area contributed by atoms with Gasteiger partial charge in [0.2, 0.25) is 0 Å². The van der Waals surface area contributed by atoms with Gasteiger partial charge in [0.25, 0.3) is 0 Å². The van der Waals surface area contributed by atoms with Gasteiger partial charge >= 0.3 is 0 Å². The monoisotopic (exact) mass is 282 g/mol. The van der Waals surface area contributed by atoms with Crippen LogP contribution < -0.4 is 4.74 Å². The van der Waals surface area contributed by atoms with E-state index in [1.165, 1.54) is 25.5 Å². The van der Waals surface area contributed by atoms with Crippen LogP contribution in [0.5, 0.6) is 5.75 Å². The summed E-state index contributed by atoms with van der Waals surface area (Å²) >= 11 is 5.90. The molecule has 0 aliphatic carbocycles. The summed E-state index contributed by atoms with van der Waals surface area (Å²) < 4.78 is 5.74. The Balaban J connectivity index is 1.87. The molecule has 5 heteroatoms.